The lowest BCUT2D eigenvalue weighted by Gasteiger charge is -2.08. The van der Waals surface area contributed by atoms with Crippen molar-refractivity contribution in [1.29, 1.82) is 0 Å². The fourth-order valence-corrected chi connectivity index (χ4v) is 2.68. The number of hydrogen-bond donors (Lipinski definition) is 0. The average Bonchev–Trinajstić information content (AvgIpc) is 2.39. The Morgan fingerprint density at radius 1 is 1.05 bits per heavy atom. The monoisotopic (exact) mass is 332 g/mol. The number of ketones is 1. The minimum atomic E-state index is 0.0283. The number of carbonyl (C=O) groups excluding carboxylic acids is 1. The molecule has 20 heavy (non-hydrogen) atoms. The highest BCUT2D eigenvalue weighted by atomic mass is 79.9. The average molecular weight is 333 g/mol. The molecule has 2 aromatic rings. The fourth-order valence-electron chi connectivity index (χ4n) is 2.19. The van der Waals surface area contributed by atoms with Crippen molar-refractivity contribution in [3.8, 4) is 5.75 Å². The van der Waals surface area contributed by atoms with E-state index in [1.165, 1.54) is 0 Å². The van der Waals surface area contributed by atoms with Crippen LogP contribution in [0.4, 0.5) is 0 Å². The molecule has 2 aromatic carbocycles. The number of aryl methyl sites for hydroxylation is 2. The van der Waals surface area contributed by atoms with Crippen LogP contribution in [0.3, 0.4) is 0 Å². The van der Waals surface area contributed by atoms with E-state index in [1.54, 1.807) is 6.07 Å². The molecule has 0 aliphatic carbocycles. The summed E-state index contributed by atoms with van der Waals surface area (Å²) in [4.78, 5) is 12.5. The molecule has 0 saturated carbocycles. The van der Waals surface area contributed by atoms with Crippen molar-refractivity contribution in [2.24, 2.45) is 0 Å². The number of carbonyl (C=O) groups is 1. The van der Waals surface area contributed by atoms with Crippen molar-refractivity contribution in [2.45, 2.75) is 20.8 Å². The van der Waals surface area contributed by atoms with Gasteiger partial charge in [-0.05, 0) is 67.0 Å². The van der Waals surface area contributed by atoms with Crippen molar-refractivity contribution < 1.29 is 9.53 Å². The first kappa shape index (κ1) is 14.8. The fraction of sp³-hybridized carbons (Fsp3) is 0.235. The topological polar surface area (TPSA) is 26.3 Å². The number of hydrogen-bond acceptors (Lipinski definition) is 2. The molecule has 0 amide bonds. The molecule has 0 fully saturated rings. The van der Waals surface area contributed by atoms with Gasteiger partial charge in [-0.25, -0.2) is 0 Å². The Bertz CT molecular complexity index is 627. The van der Waals surface area contributed by atoms with Gasteiger partial charge in [-0.2, -0.15) is 0 Å². The highest BCUT2D eigenvalue weighted by Gasteiger charge is 2.12. The molecule has 0 aliphatic rings. The lowest BCUT2D eigenvalue weighted by atomic mass is 9.99. The Balaban J connectivity index is 2.36. The quantitative estimate of drug-likeness (QED) is 0.759. The van der Waals surface area contributed by atoms with Crippen molar-refractivity contribution in [3.63, 3.8) is 0 Å². The van der Waals surface area contributed by atoms with Crippen LogP contribution in [0.15, 0.2) is 40.9 Å². The highest BCUT2D eigenvalue weighted by molar-refractivity contribution is 9.10. The molecule has 104 valence electrons. The Morgan fingerprint density at radius 2 is 1.70 bits per heavy atom. The first-order valence-corrected chi connectivity index (χ1v) is 7.36. The molecule has 0 heterocycles. The Labute approximate surface area is 127 Å². The molecular weight excluding hydrogens is 316 g/mol. The van der Waals surface area contributed by atoms with E-state index < -0.39 is 0 Å². The summed E-state index contributed by atoms with van der Waals surface area (Å²) in [5.41, 5.74) is 3.57. The molecule has 0 N–H and O–H groups in total. The van der Waals surface area contributed by atoms with E-state index in [0.717, 1.165) is 26.9 Å². The van der Waals surface area contributed by atoms with Crippen LogP contribution in [-0.4, -0.2) is 12.4 Å². The maximum absolute atomic E-state index is 12.5. The summed E-state index contributed by atoms with van der Waals surface area (Å²) in [6.07, 6.45) is 0. The molecule has 0 aliphatic heterocycles. The second-order valence-corrected chi connectivity index (χ2v) is 5.64. The number of ether oxygens (including phenoxy) is 1. The van der Waals surface area contributed by atoms with E-state index in [9.17, 15) is 4.79 Å². The number of benzene rings is 2. The van der Waals surface area contributed by atoms with Crippen molar-refractivity contribution in [3.05, 3.63) is 63.1 Å². The number of rotatable bonds is 4. The Morgan fingerprint density at radius 3 is 2.25 bits per heavy atom. The summed E-state index contributed by atoms with van der Waals surface area (Å²) in [5, 5.41) is 0. The summed E-state index contributed by atoms with van der Waals surface area (Å²) in [7, 11) is 0. The third kappa shape index (κ3) is 3.28. The van der Waals surface area contributed by atoms with Crippen molar-refractivity contribution in [2.75, 3.05) is 6.61 Å². The van der Waals surface area contributed by atoms with Gasteiger partial charge >= 0.3 is 0 Å². The first-order chi connectivity index (χ1) is 9.51. The molecule has 0 atom stereocenters. The van der Waals surface area contributed by atoms with Crippen LogP contribution in [0.1, 0.15) is 34.0 Å². The number of halogens is 1. The van der Waals surface area contributed by atoms with Crippen molar-refractivity contribution in [1.82, 2.24) is 0 Å². The highest BCUT2D eigenvalue weighted by Crippen LogP contribution is 2.27. The molecular formula is C17H17BrO2. The van der Waals surface area contributed by atoms with Gasteiger partial charge in [0.2, 0.25) is 0 Å². The molecule has 2 nitrogen and oxygen atoms in total. The van der Waals surface area contributed by atoms with Gasteiger partial charge in [0.15, 0.2) is 5.78 Å². The van der Waals surface area contributed by atoms with Crippen LogP contribution in [-0.2, 0) is 0 Å². The summed E-state index contributed by atoms with van der Waals surface area (Å²) in [6.45, 7) is 6.53. The normalized spacial score (nSPS) is 10.4. The largest absolute Gasteiger partial charge is 0.493 e. The van der Waals surface area contributed by atoms with E-state index in [2.05, 4.69) is 22.0 Å². The minimum Gasteiger partial charge on any atom is -0.493 e. The van der Waals surface area contributed by atoms with E-state index in [0.29, 0.717) is 12.2 Å². The molecule has 0 saturated heterocycles. The first-order valence-electron chi connectivity index (χ1n) is 6.56. The van der Waals surface area contributed by atoms with Gasteiger partial charge in [-0.1, -0.05) is 17.2 Å². The van der Waals surface area contributed by atoms with Gasteiger partial charge in [-0.3, -0.25) is 4.79 Å². The van der Waals surface area contributed by atoms with E-state index >= 15 is 0 Å². The molecule has 0 unspecified atom stereocenters. The third-order valence-corrected chi connectivity index (χ3v) is 3.60. The molecule has 0 aromatic heterocycles. The minimum absolute atomic E-state index is 0.0283. The van der Waals surface area contributed by atoms with Gasteiger partial charge in [-0.15, -0.1) is 0 Å². The maximum atomic E-state index is 12.5. The van der Waals surface area contributed by atoms with Gasteiger partial charge in [0.1, 0.15) is 5.75 Å². The predicted octanol–water partition coefficient (Wildman–Crippen LogP) is 4.70. The summed E-state index contributed by atoms with van der Waals surface area (Å²) < 4.78 is 6.26. The smallest absolute Gasteiger partial charge is 0.193 e. The zero-order valence-electron chi connectivity index (χ0n) is 11.9. The zero-order valence-corrected chi connectivity index (χ0v) is 13.5. The molecule has 2 rings (SSSR count). The SMILES string of the molecule is CCOc1ccc(C(=O)c2cc(C)cc(C)c2)cc1Br. The molecule has 0 bridgehead atoms. The van der Waals surface area contributed by atoms with E-state index in [-0.39, 0.29) is 5.78 Å². The van der Waals surface area contributed by atoms with Gasteiger partial charge in [0.05, 0.1) is 11.1 Å². The standard InChI is InChI=1S/C17H17BrO2/c1-4-20-16-6-5-13(10-15(16)18)17(19)14-8-11(2)7-12(3)9-14/h5-10H,4H2,1-3H3. The summed E-state index contributed by atoms with van der Waals surface area (Å²) >= 11 is 3.44. The lowest BCUT2D eigenvalue weighted by Crippen LogP contribution is -2.03. The Hall–Kier alpha value is -1.61. The van der Waals surface area contributed by atoms with Gasteiger partial charge < -0.3 is 4.74 Å². The van der Waals surface area contributed by atoms with Crippen LogP contribution in [0.5, 0.6) is 5.75 Å². The van der Waals surface area contributed by atoms with E-state index in [4.69, 9.17) is 4.74 Å². The predicted molar refractivity (Wildman–Crippen MR) is 84.7 cm³/mol. The zero-order chi connectivity index (χ0) is 14.7. The maximum Gasteiger partial charge on any atom is 0.193 e. The van der Waals surface area contributed by atoms with Gasteiger partial charge in [0, 0.05) is 11.1 Å². The van der Waals surface area contributed by atoms with Crippen LogP contribution in [0, 0.1) is 13.8 Å². The van der Waals surface area contributed by atoms with Crippen LogP contribution in [0.25, 0.3) is 0 Å². The van der Waals surface area contributed by atoms with Crippen LogP contribution in [0.2, 0.25) is 0 Å². The molecule has 0 spiro atoms. The second-order valence-electron chi connectivity index (χ2n) is 4.78. The Kier molecular flexibility index (Phi) is 4.61. The molecule has 0 radical (unpaired) electrons. The third-order valence-electron chi connectivity index (χ3n) is 2.98. The van der Waals surface area contributed by atoms with Crippen molar-refractivity contribution >= 4 is 21.7 Å². The lowest BCUT2D eigenvalue weighted by molar-refractivity contribution is 0.103. The summed E-state index contributed by atoms with van der Waals surface area (Å²) in [5.74, 6) is 0.782. The van der Waals surface area contributed by atoms with Crippen LogP contribution >= 0.6 is 15.9 Å². The van der Waals surface area contributed by atoms with E-state index in [1.807, 2.05) is 45.0 Å². The van der Waals surface area contributed by atoms with Gasteiger partial charge in [0.25, 0.3) is 0 Å². The van der Waals surface area contributed by atoms with Crippen LogP contribution < -0.4 is 4.74 Å². The second kappa shape index (κ2) is 6.23. The molecule has 3 heteroatoms. The summed E-state index contributed by atoms with van der Waals surface area (Å²) in [6, 6.07) is 11.3.